The maximum atomic E-state index is 6.18. The largest absolute Gasteiger partial charge is 0.484 e. The third-order valence-corrected chi connectivity index (χ3v) is 6.17. The lowest BCUT2D eigenvalue weighted by atomic mass is 10.3. The summed E-state index contributed by atoms with van der Waals surface area (Å²) in [5.74, 6) is 2.17. The molecule has 0 saturated heterocycles. The molecule has 1 aliphatic carbocycles. The van der Waals surface area contributed by atoms with Crippen LogP contribution >= 0.6 is 35.0 Å². The predicted octanol–water partition coefficient (Wildman–Crippen LogP) is 5.44. The molecule has 0 amide bonds. The number of pyridine rings is 1. The third-order valence-electron chi connectivity index (χ3n) is 4.65. The van der Waals surface area contributed by atoms with E-state index >= 15 is 0 Å². The quantitative estimate of drug-likeness (QED) is 0.354. The first-order chi connectivity index (χ1) is 14.2. The Kier molecular flexibility index (Phi) is 5.11. The summed E-state index contributed by atoms with van der Waals surface area (Å²) in [6, 6.07) is 11.6. The van der Waals surface area contributed by atoms with Gasteiger partial charge in [0.25, 0.3) is 0 Å². The molecule has 9 heteroatoms. The highest BCUT2D eigenvalue weighted by Gasteiger charge is 2.30. The van der Waals surface area contributed by atoms with Crippen LogP contribution in [-0.2, 0) is 12.4 Å². The second-order valence-electron chi connectivity index (χ2n) is 6.85. The monoisotopic (exact) mass is 445 g/mol. The summed E-state index contributed by atoms with van der Waals surface area (Å²) in [5, 5.41) is 10.9. The highest BCUT2D eigenvalue weighted by Crippen LogP contribution is 2.39. The van der Waals surface area contributed by atoms with Crippen molar-refractivity contribution in [3.63, 3.8) is 0 Å². The lowest BCUT2D eigenvalue weighted by Gasteiger charge is -2.10. The number of halogens is 2. The fourth-order valence-corrected chi connectivity index (χ4v) is 4.40. The number of imidazole rings is 1. The van der Waals surface area contributed by atoms with E-state index in [0.29, 0.717) is 34.2 Å². The zero-order valence-corrected chi connectivity index (χ0v) is 17.7. The van der Waals surface area contributed by atoms with E-state index in [0.717, 1.165) is 35.2 Å². The van der Waals surface area contributed by atoms with Crippen LogP contribution in [0.2, 0.25) is 10.0 Å². The van der Waals surface area contributed by atoms with Crippen molar-refractivity contribution in [2.24, 2.45) is 0 Å². The summed E-state index contributed by atoms with van der Waals surface area (Å²) in [4.78, 5) is 4.64. The number of nitrogens with zero attached hydrogens (tertiary/aromatic N) is 5. The van der Waals surface area contributed by atoms with Crippen LogP contribution in [-0.4, -0.2) is 24.1 Å². The van der Waals surface area contributed by atoms with Gasteiger partial charge >= 0.3 is 0 Å². The molecular weight excluding hydrogens is 429 g/mol. The van der Waals surface area contributed by atoms with E-state index in [1.807, 2.05) is 53.2 Å². The number of rotatable bonds is 7. The molecular formula is C20H17Cl2N5OS. The molecule has 3 aromatic heterocycles. The van der Waals surface area contributed by atoms with Crippen LogP contribution in [0.15, 0.2) is 53.9 Å². The molecule has 0 N–H and O–H groups in total. The van der Waals surface area contributed by atoms with E-state index in [2.05, 4.69) is 19.7 Å². The van der Waals surface area contributed by atoms with Gasteiger partial charge in [0, 0.05) is 24.2 Å². The number of benzene rings is 1. The average molecular weight is 446 g/mol. The van der Waals surface area contributed by atoms with Crippen LogP contribution in [0.3, 0.4) is 0 Å². The van der Waals surface area contributed by atoms with Gasteiger partial charge < -0.3 is 9.14 Å². The summed E-state index contributed by atoms with van der Waals surface area (Å²) in [6.45, 7) is 0.334. The number of thioether (sulfide) groups is 1. The zero-order chi connectivity index (χ0) is 19.8. The molecule has 29 heavy (non-hydrogen) atoms. The predicted molar refractivity (Wildman–Crippen MR) is 114 cm³/mol. The van der Waals surface area contributed by atoms with Gasteiger partial charge in [-0.25, -0.2) is 4.98 Å². The van der Waals surface area contributed by atoms with Gasteiger partial charge in [-0.05, 0) is 37.1 Å². The Morgan fingerprint density at radius 3 is 2.76 bits per heavy atom. The molecule has 5 rings (SSSR count). The van der Waals surface area contributed by atoms with Crippen LogP contribution in [0.5, 0.6) is 5.75 Å². The van der Waals surface area contributed by atoms with Gasteiger partial charge in [-0.15, -0.1) is 10.2 Å². The van der Waals surface area contributed by atoms with Gasteiger partial charge in [-0.1, -0.05) is 47.1 Å². The van der Waals surface area contributed by atoms with Crippen LogP contribution < -0.4 is 4.74 Å². The first-order valence-electron chi connectivity index (χ1n) is 9.24. The lowest BCUT2D eigenvalue weighted by Crippen LogP contribution is -2.07. The molecule has 1 aliphatic rings. The van der Waals surface area contributed by atoms with Crippen molar-refractivity contribution in [1.29, 1.82) is 0 Å². The van der Waals surface area contributed by atoms with Gasteiger partial charge in [0.05, 0.1) is 15.7 Å². The molecule has 0 unspecified atom stereocenters. The second-order valence-corrected chi connectivity index (χ2v) is 8.64. The van der Waals surface area contributed by atoms with E-state index in [1.54, 1.807) is 11.8 Å². The van der Waals surface area contributed by atoms with Gasteiger partial charge in [0.15, 0.2) is 11.0 Å². The number of fused-ring (bicyclic) bond motifs is 1. The number of hydrogen-bond donors (Lipinski definition) is 0. The minimum absolute atomic E-state index is 0.334. The maximum absolute atomic E-state index is 6.18. The number of hydrogen-bond acceptors (Lipinski definition) is 5. The summed E-state index contributed by atoms with van der Waals surface area (Å²) in [6.07, 6.45) is 6.12. The molecule has 6 nitrogen and oxygen atoms in total. The molecule has 3 heterocycles. The molecule has 1 saturated carbocycles. The van der Waals surface area contributed by atoms with Crippen molar-refractivity contribution in [2.45, 2.75) is 36.4 Å². The molecule has 148 valence electrons. The number of para-hydroxylation sites is 1. The first kappa shape index (κ1) is 18.8. The standard InChI is InChI=1S/C20H17Cl2N5OS/c21-13-5-8-18-23-14(10-26(18)9-13)12-29-20-25-24-19(27(20)15-6-7-15)11-28-17-4-2-1-3-16(17)22/h1-5,8-10,15H,6-7,11-12H2. The molecule has 4 aromatic rings. The fourth-order valence-electron chi connectivity index (χ4n) is 3.13. The Bertz CT molecular complexity index is 1170. The van der Waals surface area contributed by atoms with Crippen molar-refractivity contribution in [3.05, 3.63) is 70.4 Å². The summed E-state index contributed by atoms with van der Waals surface area (Å²) in [5.41, 5.74) is 1.85. The SMILES string of the molecule is Clc1ccc2nc(CSc3nnc(COc4ccccc4Cl)n3C3CC3)cn2c1. The highest BCUT2D eigenvalue weighted by atomic mass is 35.5. The normalized spacial score (nSPS) is 13.9. The minimum atomic E-state index is 0.334. The van der Waals surface area contributed by atoms with E-state index in [9.17, 15) is 0 Å². The molecule has 0 spiro atoms. The van der Waals surface area contributed by atoms with Crippen molar-refractivity contribution in [3.8, 4) is 5.75 Å². The van der Waals surface area contributed by atoms with E-state index in [-0.39, 0.29) is 0 Å². The smallest absolute Gasteiger partial charge is 0.191 e. The number of aromatic nitrogens is 5. The Balaban J connectivity index is 1.31. The van der Waals surface area contributed by atoms with Crippen molar-refractivity contribution in [1.82, 2.24) is 24.1 Å². The number of ether oxygens (including phenoxy) is 1. The summed E-state index contributed by atoms with van der Waals surface area (Å²) in [7, 11) is 0. The van der Waals surface area contributed by atoms with Crippen LogP contribution in [0.4, 0.5) is 0 Å². The average Bonchev–Trinajstić information content (AvgIpc) is 3.34. The molecule has 0 bridgehead atoms. The van der Waals surface area contributed by atoms with Gasteiger partial charge in [-0.2, -0.15) is 0 Å². The van der Waals surface area contributed by atoms with Crippen LogP contribution in [0.1, 0.15) is 30.4 Å². The summed E-state index contributed by atoms with van der Waals surface area (Å²) < 4.78 is 10.0. The molecule has 1 aromatic carbocycles. The Morgan fingerprint density at radius 2 is 1.93 bits per heavy atom. The molecule has 0 aliphatic heterocycles. The highest BCUT2D eigenvalue weighted by molar-refractivity contribution is 7.98. The van der Waals surface area contributed by atoms with Gasteiger partial charge in [0.1, 0.15) is 18.0 Å². The van der Waals surface area contributed by atoms with Crippen LogP contribution in [0.25, 0.3) is 5.65 Å². The van der Waals surface area contributed by atoms with E-state index in [4.69, 9.17) is 27.9 Å². The molecule has 0 radical (unpaired) electrons. The van der Waals surface area contributed by atoms with Gasteiger partial charge in [0.2, 0.25) is 0 Å². The molecule has 1 fully saturated rings. The summed E-state index contributed by atoms with van der Waals surface area (Å²) >= 11 is 13.9. The van der Waals surface area contributed by atoms with Crippen molar-refractivity contribution in [2.75, 3.05) is 0 Å². The maximum Gasteiger partial charge on any atom is 0.191 e. The third kappa shape index (κ3) is 4.08. The Labute approximate surface area is 181 Å². The van der Waals surface area contributed by atoms with Crippen molar-refractivity contribution >= 4 is 40.6 Å². The topological polar surface area (TPSA) is 57.2 Å². The van der Waals surface area contributed by atoms with E-state index < -0.39 is 0 Å². The zero-order valence-electron chi connectivity index (χ0n) is 15.3. The van der Waals surface area contributed by atoms with Gasteiger partial charge in [-0.3, -0.25) is 4.57 Å². The first-order valence-corrected chi connectivity index (χ1v) is 11.0. The lowest BCUT2D eigenvalue weighted by molar-refractivity contribution is 0.288. The van der Waals surface area contributed by atoms with E-state index in [1.165, 1.54) is 0 Å². The molecule has 0 atom stereocenters. The Morgan fingerprint density at radius 1 is 1.07 bits per heavy atom. The second kappa shape index (κ2) is 7.89. The van der Waals surface area contributed by atoms with Crippen LogP contribution in [0, 0.1) is 0 Å². The Hall–Kier alpha value is -2.22. The minimum Gasteiger partial charge on any atom is -0.484 e. The van der Waals surface area contributed by atoms with Crippen molar-refractivity contribution < 1.29 is 4.74 Å². The fraction of sp³-hybridized carbons (Fsp3) is 0.250.